The lowest BCUT2D eigenvalue weighted by Gasteiger charge is -2.28. The number of ether oxygens (including phenoxy) is 1. The number of aromatic nitrogens is 3. The van der Waals surface area contributed by atoms with Crippen molar-refractivity contribution in [3.63, 3.8) is 0 Å². The van der Waals surface area contributed by atoms with Gasteiger partial charge in [0.2, 0.25) is 0 Å². The molecule has 1 heterocycles. The average Bonchev–Trinajstić information content (AvgIpc) is 2.76. The van der Waals surface area contributed by atoms with Crippen LogP contribution >= 0.6 is 0 Å². The molecule has 0 saturated heterocycles. The van der Waals surface area contributed by atoms with Gasteiger partial charge < -0.3 is 14.6 Å². The molecule has 1 aliphatic rings. The van der Waals surface area contributed by atoms with E-state index in [0.717, 1.165) is 25.2 Å². The highest BCUT2D eigenvalue weighted by Gasteiger charge is 2.20. The quantitative estimate of drug-likeness (QED) is 0.828. The molecule has 96 valence electrons. The summed E-state index contributed by atoms with van der Waals surface area (Å²) in [6.07, 6.45) is 7.99. The van der Waals surface area contributed by atoms with Gasteiger partial charge in [-0.2, -0.15) is 0 Å². The van der Waals surface area contributed by atoms with E-state index in [0.29, 0.717) is 12.1 Å². The van der Waals surface area contributed by atoms with E-state index in [2.05, 4.69) is 15.5 Å². The summed E-state index contributed by atoms with van der Waals surface area (Å²) in [7, 11) is 3.80. The molecule has 17 heavy (non-hydrogen) atoms. The number of rotatable bonds is 5. The second-order valence-corrected chi connectivity index (χ2v) is 4.78. The standard InChI is InChI=1S/C12H22N4O/c1-16-9-14-15-12(16)6-7-13-10-4-3-5-11(8-10)17-2/h9-11,13H,3-8H2,1-2H3. The zero-order chi connectivity index (χ0) is 12.1. The van der Waals surface area contributed by atoms with Gasteiger partial charge in [0.1, 0.15) is 12.2 Å². The van der Waals surface area contributed by atoms with Crippen molar-refractivity contribution in [3.8, 4) is 0 Å². The van der Waals surface area contributed by atoms with E-state index in [4.69, 9.17) is 4.74 Å². The molecule has 0 aromatic carbocycles. The van der Waals surface area contributed by atoms with Crippen molar-refractivity contribution in [2.45, 2.75) is 44.2 Å². The molecule has 1 N–H and O–H groups in total. The van der Waals surface area contributed by atoms with Crippen molar-refractivity contribution >= 4 is 0 Å². The van der Waals surface area contributed by atoms with Crippen molar-refractivity contribution in [2.24, 2.45) is 7.05 Å². The Bertz CT molecular complexity index is 339. The third kappa shape index (κ3) is 3.51. The maximum absolute atomic E-state index is 5.43. The second kappa shape index (κ2) is 6.12. The first kappa shape index (κ1) is 12.5. The smallest absolute Gasteiger partial charge is 0.133 e. The largest absolute Gasteiger partial charge is 0.381 e. The normalized spacial score (nSPS) is 25.1. The third-order valence-corrected chi connectivity index (χ3v) is 3.55. The minimum Gasteiger partial charge on any atom is -0.381 e. The fourth-order valence-corrected chi connectivity index (χ4v) is 2.47. The first-order valence-electron chi connectivity index (χ1n) is 6.38. The molecule has 0 spiro atoms. The Balaban J connectivity index is 1.70. The molecule has 1 aromatic heterocycles. The van der Waals surface area contributed by atoms with Crippen molar-refractivity contribution in [2.75, 3.05) is 13.7 Å². The zero-order valence-electron chi connectivity index (χ0n) is 10.7. The van der Waals surface area contributed by atoms with Crippen LogP contribution in [0.1, 0.15) is 31.5 Å². The summed E-state index contributed by atoms with van der Waals surface area (Å²) in [6, 6.07) is 0.599. The summed E-state index contributed by atoms with van der Waals surface area (Å²) in [4.78, 5) is 0. The molecule has 5 nitrogen and oxygen atoms in total. The number of hydrogen-bond acceptors (Lipinski definition) is 4. The maximum atomic E-state index is 5.43. The molecule has 2 unspecified atom stereocenters. The predicted octanol–water partition coefficient (Wildman–Crippen LogP) is 0.905. The summed E-state index contributed by atoms with van der Waals surface area (Å²) in [6.45, 7) is 0.966. The van der Waals surface area contributed by atoms with Gasteiger partial charge in [-0.3, -0.25) is 0 Å². The van der Waals surface area contributed by atoms with Gasteiger partial charge in [0.15, 0.2) is 0 Å². The Hall–Kier alpha value is -0.940. The topological polar surface area (TPSA) is 52.0 Å². The molecule has 1 saturated carbocycles. The molecular weight excluding hydrogens is 216 g/mol. The third-order valence-electron chi connectivity index (χ3n) is 3.55. The average molecular weight is 238 g/mol. The number of hydrogen-bond donors (Lipinski definition) is 1. The van der Waals surface area contributed by atoms with Crippen molar-refractivity contribution in [1.29, 1.82) is 0 Å². The lowest BCUT2D eigenvalue weighted by molar-refractivity contribution is 0.0590. The molecular formula is C12H22N4O. The van der Waals surface area contributed by atoms with E-state index < -0.39 is 0 Å². The predicted molar refractivity (Wildman–Crippen MR) is 65.8 cm³/mol. The molecule has 0 amide bonds. The van der Waals surface area contributed by atoms with Gasteiger partial charge in [-0.25, -0.2) is 0 Å². The summed E-state index contributed by atoms with van der Waals surface area (Å²) in [5, 5.41) is 11.5. The second-order valence-electron chi connectivity index (χ2n) is 4.78. The lowest BCUT2D eigenvalue weighted by Crippen LogP contribution is -2.37. The van der Waals surface area contributed by atoms with Crippen LogP contribution in [-0.4, -0.2) is 40.6 Å². The molecule has 2 atom stereocenters. The molecule has 1 fully saturated rings. The summed E-state index contributed by atoms with van der Waals surface area (Å²) >= 11 is 0. The first-order chi connectivity index (χ1) is 8.29. The van der Waals surface area contributed by atoms with Crippen molar-refractivity contribution in [3.05, 3.63) is 12.2 Å². The van der Waals surface area contributed by atoms with E-state index >= 15 is 0 Å². The van der Waals surface area contributed by atoms with Gasteiger partial charge in [0.05, 0.1) is 6.10 Å². The highest BCUT2D eigenvalue weighted by molar-refractivity contribution is 4.86. The molecule has 1 aliphatic carbocycles. The van der Waals surface area contributed by atoms with Crippen LogP contribution in [0.15, 0.2) is 6.33 Å². The van der Waals surface area contributed by atoms with E-state index in [1.165, 1.54) is 19.3 Å². The summed E-state index contributed by atoms with van der Waals surface area (Å²) in [5.41, 5.74) is 0. The molecule has 0 aliphatic heterocycles. The summed E-state index contributed by atoms with van der Waals surface area (Å²) in [5.74, 6) is 1.04. The van der Waals surface area contributed by atoms with Gasteiger partial charge in [-0.15, -0.1) is 10.2 Å². The van der Waals surface area contributed by atoms with Gasteiger partial charge in [-0.1, -0.05) is 0 Å². The zero-order valence-corrected chi connectivity index (χ0v) is 10.7. The van der Waals surface area contributed by atoms with Gasteiger partial charge >= 0.3 is 0 Å². The molecule has 0 radical (unpaired) electrons. The van der Waals surface area contributed by atoms with Crippen molar-refractivity contribution in [1.82, 2.24) is 20.1 Å². The monoisotopic (exact) mass is 238 g/mol. The minimum absolute atomic E-state index is 0.441. The lowest BCUT2D eigenvalue weighted by atomic mass is 9.93. The Morgan fingerprint density at radius 2 is 2.41 bits per heavy atom. The summed E-state index contributed by atoms with van der Waals surface area (Å²) < 4.78 is 7.40. The van der Waals surface area contributed by atoms with E-state index in [1.807, 2.05) is 18.7 Å². The van der Waals surface area contributed by atoms with Crippen LogP contribution in [0.4, 0.5) is 0 Å². The molecule has 5 heteroatoms. The van der Waals surface area contributed by atoms with E-state index in [-0.39, 0.29) is 0 Å². The maximum Gasteiger partial charge on any atom is 0.133 e. The first-order valence-corrected chi connectivity index (χ1v) is 6.38. The van der Waals surface area contributed by atoms with Crippen LogP contribution in [0, 0.1) is 0 Å². The van der Waals surface area contributed by atoms with Gasteiger partial charge in [0, 0.05) is 33.2 Å². The van der Waals surface area contributed by atoms with Crippen molar-refractivity contribution < 1.29 is 4.74 Å². The van der Waals surface area contributed by atoms with Gasteiger partial charge in [0.25, 0.3) is 0 Å². The molecule has 2 rings (SSSR count). The van der Waals surface area contributed by atoms with E-state index in [9.17, 15) is 0 Å². The molecule has 0 bridgehead atoms. The van der Waals surface area contributed by atoms with Crippen LogP contribution in [0.3, 0.4) is 0 Å². The van der Waals surface area contributed by atoms with Crippen LogP contribution in [0.2, 0.25) is 0 Å². The minimum atomic E-state index is 0.441. The Morgan fingerprint density at radius 3 is 3.12 bits per heavy atom. The highest BCUT2D eigenvalue weighted by atomic mass is 16.5. The fraction of sp³-hybridized carbons (Fsp3) is 0.833. The fourth-order valence-electron chi connectivity index (χ4n) is 2.47. The van der Waals surface area contributed by atoms with Crippen LogP contribution in [0.5, 0.6) is 0 Å². The van der Waals surface area contributed by atoms with Crippen LogP contribution < -0.4 is 5.32 Å². The number of nitrogens with zero attached hydrogens (tertiary/aromatic N) is 3. The van der Waals surface area contributed by atoms with E-state index in [1.54, 1.807) is 6.33 Å². The Kier molecular flexibility index (Phi) is 4.50. The van der Waals surface area contributed by atoms with Crippen LogP contribution in [-0.2, 0) is 18.2 Å². The Labute approximate surface area is 103 Å². The highest BCUT2D eigenvalue weighted by Crippen LogP contribution is 2.20. The van der Waals surface area contributed by atoms with Crippen LogP contribution in [0.25, 0.3) is 0 Å². The Morgan fingerprint density at radius 1 is 1.53 bits per heavy atom. The number of aryl methyl sites for hydroxylation is 1. The molecule has 1 aromatic rings. The SMILES string of the molecule is COC1CCCC(NCCc2nncn2C)C1. The van der Waals surface area contributed by atoms with Gasteiger partial charge in [-0.05, 0) is 25.7 Å². The number of nitrogens with one attached hydrogen (secondary N) is 1. The number of methoxy groups -OCH3 is 1.